The smallest absolute Gasteiger partial charge is 0.0951 e. The maximum atomic E-state index is 10.2. The number of aromatic nitrogens is 1. The Morgan fingerprint density at radius 3 is 2.76 bits per heavy atom. The van der Waals surface area contributed by atoms with E-state index in [2.05, 4.69) is 4.98 Å². The molecule has 4 nitrogen and oxygen atoms in total. The predicted molar refractivity (Wildman–Crippen MR) is 83.6 cm³/mol. The largest absolute Gasteiger partial charge is 0.388 e. The molecule has 21 heavy (non-hydrogen) atoms. The van der Waals surface area contributed by atoms with E-state index in [0.717, 1.165) is 22.7 Å². The summed E-state index contributed by atoms with van der Waals surface area (Å²) in [5, 5.41) is 13.2. The Bertz CT molecular complexity index is 515. The highest BCUT2D eigenvalue weighted by Gasteiger charge is 2.10. The molecule has 0 spiro atoms. The van der Waals surface area contributed by atoms with Crippen molar-refractivity contribution in [3.63, 3.8) is 0 Å². The van der Waals surface area contributed by atoms with Crippen molar-refractivity contribution in [2.45, 2.75) is 18.9 Å². The van der Waals surface area contributed by atoms with Crippen molar-refractivity contribution in [2.24, 2.45) is 0 Å². The molecular weight excluding hydrogens is 286 g/mol. The molecule has 1 aromatic heterocycles. The maximum Gasteiger partial charge on any atom is 0.0951 e. The Kier molecular flexibility index (Phi) is 6.82. The highest BCUT2D eigenvalue weighted by atomic mass is 32.1. The number of rotatable bonds is 9. The highest BCUT2D eigenvalue weighted by Crippen LogP contribution is 2.19. The van der Waals surface area contributed by atoms with Gasteiger partial charge in [-0.2, -0.15) is 0 Å². The Morgan fingerprint density at radius 2 is 2.00 bits per heavy atom. The molecule has 114 valence electrons. The van der Waals surface area contributed by atoms with Crippen LogP contribution in [0.15, 0.2) is 35.7 Å². The number of hydrogen-bond donors (Lipinski definition) is 1. The molecule has 0 aliphatic carbocycles. The topological polar surface area (TPSA) is 51.6 Å². The van der Waals surface area contributed by atoms with Gasteiger partial charge in [0.25, 0.3) is 0 Å². The first-order chi connectivity index (χ1) is 10.3. The average molecular weight is 307 g/mol. The number of ether oxygens (including phenoxy) is 2. The van der Waals surface area contributed by atoms with E-state index in [9.17, 15) is 5.11 Å². The third-order valence-corrected chi connectivity index (χ3v) is 4.04. The molecule has 1 unspecified atom stereocenters. The molecule has 0 aliphatic heterocycles. The molecule has 0 amide bonds. The summed E-state index contributed by atoms with van der Waals surface area (Å²) in [5.74, 6) is 0. The molecule has 2 aromatic rings. The molecule has 0 radical (unpaired) electrons. The normalized spacial score (nSPS) is 12.5. The second-order valence-electron chi connectivity index (χ2n) is 4.72. The number of aliphatic hydroxyl groups is 1. The molecular formula is C16H21NO3S. The van der Waals surface area contributed by atoms with Gasteiger partial charge in [0.15, 0.2) is 0 Å². The summed E-state index contributed by atoms with van der Waals surface area (Å²) < 4.78 is 10.3. The summed E-state index contributed by atoms with van der Waals surface area (Å²) in [7, 11) is 1.66. The molecule has 5 heteroatoms. The summed E-state index contributed by atoms with van der Waals surface area (Å²) >= 11 is 1.62. The molecule has 0 aliphatic rings. The van der Waals surface area contributed by atoms with Gasteiger partial charge in [0.1, 0.15) is 0 Å². The Balaban J connectivity index is 1.77. The zero-order valence-corrected chi connectivity index (χ0v) is 13.0. The van der Waals surface area contributed by atoms with Crippen molar-refractivity contribution < 1.29 is 14.6 Å². The lowest BCUT2D eigenvalue weighted by molar-refractivity contribution is 0.0722. The molecule has 2 rings (SSSR count). The molecule has 0 fully saturated rings. The minimum Gasteiger partial charge on any atom is -0.388 e. The van der Waals surface area contributed by atoms with Crippen LogP contribution < -0.4 is 0 Å². The number of hydrogen-bond acceptors (Lipinski definition) is 5. The van der Waals surface area contributed by atoms with Gasteiger partial charge in [0, 0.05) is 25.3 Å². The van der Waals surface area contributed by atoms with Gasteiger partial charge in [0.2, 0.25) is 0 Å². The summed E-state index contributed by atoms with van der Waals surface area (Å²) in [5.41, 5.74) is 1.86. The van der Waals surface area contributed by atoms with E-state index in [1.807, 2.05) is 35.7 Å². The van der Waals surface area contributed by atoms with Crippen LogP contribution in [0.2, 0.25) is 0 Å². The summed E-state index contributed by atoms with van der Waals surface area (Å²) in [6.07, 6.45) is 0.847. The van der Waals surface area contributed by atoms with E-state index in [1.54, 1.807) is 18.4 Å². The maximum absolute atomic E-state index is 10.2. The van der Waals surface area contributed by atoms with E-state index < -0.39 is 6.10 Å². The first kappa shape index (κ1) is 16.1. The van der Waals surface area contributed by atoms with Crippen molar-refractivity contribution >= 4 is 11.3 Å². The van der Waals surface area contributed by atoms with Gasteiger partial charge in [-0.25, -0.2) is 4.98 Å². The molecule has 0 saturated heterocycles. The van der Waals surface area contributed by atoms with Gasteiger partial charge in [-0.15, -0.1) is 11.3 Å². The lowest BCUT2D eigenvalue weighted by atomic mass is 10.1. The summed E-state index contributed by atoms with van der Waals surface area (Å²) in [6.45, 7) is 1.88. The first-order valence-electron chi connectivity index (χ1n) is 7.02. The van der Waals surface area contributed by atoms with Crippen LogP contribution in [0.4, 0.5) is 0 Å². The van der Waals surface area contributed by atoms with Crippen LogP contribution in [-0.4, -0.2) is 37.0 Å². The minimum absolute atomic E-state index is 0.501. The van der Waals surface area contributed by atoms with E-state index >= 15 is 0 Å². The lowest BCUT2D eigenvalue weighted by Crippen LogP contribution is -2.05. The Hall–Kier alpha value is -1.27. The van der Waals surface area contributed by atoms with E-state index in [4.69, 9.17) is 9.47 Å². The number of aliphatic hydroxyl groups excluding tert-OH is 1. The third-order valence-electron chi connectivity index (χ3n) is 3.08. The number of thiazole rings is 1. The molecule has 1 heterocycles. The summed E-state index contributed by atoms with van der Waals surface area (Å²) in [6, 6.07) is 9.68. The van der Waals surface area contributed by atoms with Gasteiger partial charge in [-0.3, -0.25) is 0 Å². The van der Waals surface area contributed by atoms with Crippen LogP contribution in [0.3, 0.4) is 0 Å². The fourth-order valence-corrected chi connectivity index (χ4v) is 2.74. The van der Waals surface area contributed by atoms with Crippen LogP contribution >= 0.6 is 11.3 Å². The second kappa shape index (κ2) is 8.89. The number of nitrogens with zero attached hydrogens (tertiary/aromatic N) is 1. The third kappa shape index (κ3) is 5.55. The van der Waals surface area contributed by atoms with Gasteiger partial charge in [0.05, 0.1) is 36.6 Å². The van der Waals surface area contributed by atoms with Crippen molar-refractivity contribution in [1.82, 2.24) is 4.98 Å². The number of methoxy groups -OCH3 is 1. The van der Waals surface area contributed by atoms with Crippen molar-refractivity contribution in [1.29, 1.82) is 0 Å². The Morgan fingerprint density at radius 1 is 1.19 bits per heavy atom. The van der Waals surface area contributed by atoms with Crippen molar-refractivity contribution in [3.8, 4) is 0 Å². The van der Waals surface area contributed by atoms with Crippen LogP contribution in [0.5, 0.6) is 0 Å². The van der Waals surface area contributed by atoms with Gasteiger partial charge >= 0.3 is 0 Å². The molecule has 1 N–H and O–H groups in total. The van der Waals surface area contributed by atoms with Gasteiger partial charge in [-0.05, 0) is 5.56 Å². The second-order valence-corrected chi connectivity index (χ2v) is 5.66. The van der Waals surface area contributed by atoms with Crippen LogP contribution in [0, 0.1) is 0 Å². The lowest BCUT2D eigenvalue weighted by Gasteiger charge is -2.08. The average Bonchev–Trinajstić information content (AvgIpc) is 2.95. The molecule has 1 atom stereocenters. The Labute approximate surface area is 129 Å². The zero-order chi connectivity index (χ0) is 14.9. The predicted octanol–water partition coefficient (Wildman–Crippen LogP) is 2.62. The van der Waals surface area contributed by atoms with E-state index in [-0.39, 0.29) is 0 Å². The zero-order valence-electron chi connectivity index (χ0n) is 12.2. The van der Waals surface area contributed by atoms with Crippen molar-refractivity contribution in [2.75, 3.05) is 26.9 Å². The van der Waals surface area contributed by atoms with Crippen LogP contribution in [0.25, 0.3) is 0 Å². The summed E-state index contributed by atoms with van der Waals surface area (Å²) in [4.78, 5) is 4.54. The van der Waals surface area contributed by atoms with Crippen molar-refractivity contribution in [3.05, 3.63) is 52.0 Å². The van der Waals surface area contributed by atoms with E-state index in [0.29, 0.717) is 26.2 Å². The van der Waals surface area contributed by atoms with E-state index in [1.165, 1.54) is 0 Å². The fraction of sp³-hybridized carbons (Fsp3) is 0.438. The van der Waals surface area contributed by atoms with Crippen LogP contribution in [0.1, 0.15) is 22.4 Å². The monoisotopic (exact) mass is 307 g/mol. The molecule has 0 saturated carbocycles. The SMILES string of the molecule is COCCOCCc1nc(CC(O)c2ccccc2)cs1. The number of benzene rings is 1. The standard InChI is InChI=1S/C16H21NO3S/c1-19-9-10-20-8-7-16-17-14(12-21-16)11-15(18)13-5-3-2-4-6-13/h2-6,12,15,18H,7-11H2,1H3. The van der Waals surface area contributed by atoms with Crippen LogP contribution in [-0.2, 0) is 22.3 Å². The van der Waals surface area contributed by atoms with Gasteiger partial charge in [-0.1, -0.05) is 30.3 Å². The first-order valence-corrected chi connectivity index (χ1v) is 7.90. The molecule has 1 aromatic carbocycles. The quantitative estimate of drug-likeness (QED) is 0.724. The highest BCUT2D eigenvalue weighted by molar-refractivity contribution is 7.09. The van der Waals surface area contributed by atoms with Gasteiger partial charge < -0.3 is 14.6 Å². The fourth-order valence-electron chi connectivity index (χ4n) is 1.95. The minimum atomic E-state index is -0.501. The molecule has 0 bridgehead atoms.